The summed E-state index contributed by atoms with van der Waals surface area (Å²) in [6.07, 6.45) is 4.69. The molecular formula is C13H28N4O. The van der Waals surface area contributed by atoms with Gasteiger partial charge in [-0.15, -0.1) is 0 Å². The molecule has 5 heteroatoms. The lowest BCUT2D eigenvalue weighted by atomic mass is 9.92. The fourth-order valence-electron chi connectivity index (χ4n) is 2.42. The van der Waals surface area contributed by atoms with Crippen molar-refractivity contribution in [3.05, 3.63) is 0 Å². The maximum atomic E-state index is 5.61. The lowest BCUT2D eigenvalue weighted by Crippen LogP contribution is -2.52. The predicted molar refractivity (Wildman–Crippen MR) is 75.3 cm³/mol. The molecule has 1 heterocycles. The standard InChI is InChI=1S/C13H28N4O/c1-4-12-7-6-11(2)17(10-12)13(16-14)15-8-5-9-18-3/h11-12H,4-10,14H2,1-3H3,(H,15,16). The lowest BCUT2D eigenvalue weighted by Gasteiger charge is -2.39. The van der Waals surface area contributed by atoms with E-state index in [-0.39, 0.29) is 0 Å². The molecule has 1 rings (SSSR count). The molecule has 18 heavy (non-hydrogen) atoms. The zero-order valence-electron chi connectivity index (χ0n) is 12.0. The second-order valence-electron chi connectivity index (χ2n) is 5.05. The van der Waals surface area contributed by atoms with E-state index >= 15 is 0 Å². The maximum absolute atomic E-state index is 5.61. The summed E-state index contributed by atoms with van der Waals surface area (Å²) in [5.41, 5.74) is 2.76. The van der Waals surface area contributed by atoms with E-state index in [9.17, 15) is 0 Å². The molecule has 1 fully saturated rings. The molecule has 0 radical (unpaired) electrons. The highest BCUT2D eigenvalue weighted by Gasteiger charge is 2.26. The number of hydrazine groups is 1. The first kappa shape index (κ1) is 15.2. The Morgan fingerprint density at radius 1 is 1.50 bits per heavy atom. The molecule has 1 aliphatic heterocycles. The first-order valence-electron chi connectivity index (χ1n) is 6.99. The second-order valence-corrected chi connectivity index (χ2v) is 5.05. The van der Waals surface area contributed by atoms with Gasteiger partial charge >= 0.3 is 0 Å². The highest BCUT2D eigenvalue weighted by molar-refractivity contribution is 5.79. The van der Waals surface area contributed by atoms with Gasteiger partial charge in [-0.2, -0.15) is 0 Å². The van der Waals surface area contributed by atoms with Crippen molar-refractivity contribution in [3.63, 3.8) is 0 Å². The van der Waals surface area contributed by atoms with Crippen molar-refractivity contribution in [2.24, 2.45) is 16.8 Å². The van der Waals surface area contributed by atoms with Crippen molar-refractivity contribution >= 4 is 5.96 Å². The number of hydrogen-bond donors (Lipinski definition) is 2. The van der Waals surface area contributed by atoms with Crippen LogP contribution in [0.4, 0.5) is 0 Å². The predicted octanol–water partition coefficient (Wildman–Crippen LogP) is 1.35. The Bertz CT molecular complexity index is 257. The molecule has 1 saturated heterocycles. The van der Waals surface area contributed by atoms with Gasteiger partial charge in [-0.3, -0.25) is 10.4 Å². The molecule has 1 aliphatic rings. The van der Waals surface area contributed by atoms with Crippen LogP contribution >= 0.6 is 0 Å². The number of guanidine groups is 1. The SMILES string of the molecule is CCC1CCC(C)N(C(=NCCCOC)NN)C1. The maximum Gasteiger partial charge on any atom is 0.208 e. The number of methoxy groups -OCH3 is 1. The van der Waals surface area contributed by atoms with Crippen molar-refractivity contribution in [3.8, 4) is 0 Å². The van der Waals surface area contributed by atoms with Gasteiger partial charge in [-0.05, 0) is 32.1 Å². The Morgan fingerprint density at radius 3 is 2.89 bits per heavy atom. The zero-order chi connectivity index (χ0) is 13.4. The Morgan fingerprint density at radius 2 is 2.28 bits per heavy atom. The number of nitrogens with zero attached hydrogens (tertiary/aromatic N) is 2. The minimum atomic E-state index is 0.519. The van der Waals surface area contributed by atoms with Crippen molar-refractivity contribution in [2.75, 3.05) is 26.8 Å². The van der Waals surface area contributed by atoms with E-state index in [1.807, 2.05) is 0 Å². The number of aliphatic imine (C=N–C) groups is 1. The number of nitrogens with two attached hydrogens (primary N) is 1. The largest absolute Gasteiger partial charge is 0.385 e. The minimum absolute atomic E-state index is 0.519. The molecule has 0 aromatic heterocycles. The number of ether oxygens (including phenoxy) is 1. The molecule has 0 amide bonds. The van der Waals surface area contributed by atoms with Gasteiger partial charge in [0.05, 0.1) is 0 Å². The number of likely N-dealkylation sites (tertiary alicyclic amines) is 1. The third-order valence-electron chi connectivity index (χ3n) is 3.73. The Kier molecular flexibility index (Phi) is 7.05. The molecule has 5 nitrogen and oxygen atoms in total. The van der Waals surface area contributed by atoms with Gasteiger partial charge in [0.2, 0.25) is 5.96 Å². The molecule has 2 unspecified atom stereocenters. The normalized spacial score (nSPS) is 25.3. The Balaban J connectivity index is 2.55. The first-order valence-corrected chi connectivity index (χ1v) is 6.99. The molecule has 2 atom stereocenters. The van der Waals surface area contributed by atoms with E-state index < -0.39 is 0 Å². The van der Waals surface area contributed by atoms with E-state index in [0.29, 0.717) is 6.04 Å². The zero-order valence-corrected chi connectivity index (χ0v) is 12.0. The molecule has 0 spiro atoms. The second kappa shape index (κ2) is 8.32. The van der Waals surface area contributed by atoms with Crippen LogP contribution in [0.2, 0.25) is 0 Å². The highest BCUT2D eigenvalue weighted by Crippen LogP contribution is 2.23. The van der Waals surface area contributed by atoms with Crippen LogP contribution in [0.25, 0.3) is 0 Å². The third kappa shape index (κ3) is 4.46. The van der Waals surface area contributed by atoms with Crippen LogP contribution in [0.3, 0.4) is 0 Å². The average Bonchev–Trinajstić information content (AvgIpc) is 2.40. The fourth-order valence-corrected chi connectivity index (χ4v) is 2.42. The topological polar surface area (TPSA) is 62.9 Å². The van der Waals surface area contributed by atoms with Crippen LogP contribution in [0.5, 0.6) is 0 Å². The summed E-state index contributed by atoms with van der Waals surface area (Å²) >= 11 is 0. The van der Waals surface area contributed by atoms with Crippen LogP contribution in [-0.4, -0.2) is 43.7 Å². The van der Waals surface area contributed by atoms with Crippen molar-refractivity contribution in [1.29, 1.82) is 0 Å². The summed E-state index contributed by atoms with van der Waals surface area (Å²) in [4.78, 5) is 6.86. The van der Waals surface area contributed by atoms with E-state index in [1.54, 1.807) is 7.11 Å². The van der Waals surface area contributed by atoms with E-state index in [0.717, 1.165) is 38.0 Å². The summed E-state index contributed by atoms with van der Waals surface area (Å²) < 4.78 is 5.02. The third-order valence-corrected chi connectivity index (χ3v) is 3.73. The van der Waals surface area contributed by atoms with Crippen molar-refractivity contribution in [2.45, 2.75) is 45.6 Å². The molecule has 0 aliphatic carbocycles. The van der Waals surface area contributed by atoms with Crippen LogP contribution in [0, 0.1) is 5.92 Å². The molecule has 0 bridgehead atoms. The quantitative estimate of drug-likeness (QED) is 0.256. The van der Waals surface area contributed by atoms with Crippen LogP contribution < -0.4 is 11.3 Å². The van der Waals surface area contributed by atoms with Gasteiger partial charge in [0.1, 0.15) is 0 Å². The first-order chi connectivity index (χ1) is 8.72. The van der Waals surface area contributed by atoms with Gasteiger partial charge < -0.3 is 9.64 Å². The molecule has 0 saturated carbocycles. The van der Waals surface area contributed by atoms with E-state index in [2.05, 4.69) is 29.2 Å². The van der Waals surface area contributed by atoms with Gasteiger partial charge in [-0.25, -0.2) is 5.84 Å². The lowest BCUT2D eigenvalue weighted by molar-refractivity contribution is 0.185. The average molecular weight is 256 g/mol. The number of rotatable bonds is 5. The smallest absolute Gasteiger partial charge is 0.208 e. The molecule has 3 N–H and O–H groups in total. The van der Waals surface area contributed by atoms with Crippen LogP contribution in [0.1, 0.15) is 39.5 Å². The Labute approximate surface area is 111 Å². The number of hydrogen-bond acceptors (Lipinski definition) is 3. The Hall–Kier alpha value is -0.810. The van der Waals surface area contributed by atoms with Crippen LogP contribution in [0.15, 0.2) is 4.99 Å². The van der Waals surface area contributed by atoms with Crippen LogP contribution in [-0.2, 0) is 4.74 Å². The number of nitrogens with one attached hydrogen (secondary N) is 1. The van der Waals surface area contributed by atoms with Gasteiger partial charge in [0.15, 0.2) is 0 Å². The van der Waals surface area contributed by atoms with Gasteiger partial charge in [-0.1, -0.05) is 13.3 Å². The summed E-state index contributed by atoms with van der Waals surface area (Å²) in [6.45, 7) is 7.06. The highest BCUT2D eigenvalue weighted by atomic mass is 16.5. The van der Waals surface area contributed by atoms with Gasteiger partial charge in [0.25, 0.3) is 0 Å². The van der Waals surface area contributed by atoms with Crippen molar-refractivity contribution < 1.29 is 4.74 Å². The summed E-state index contributed by atoms with van der Waals surface area (Å²) in [6, 6.07) is 0.519. The molecule has 106 valence electrons. The molecule has 0 aromatic rings. The molecule has 0 aromatic carbocycles. The molecular weight excluding hydrogens is 228 g/mol. The van der Waals surface area contributed by atoms with Crippen molar-refractivity contribution in [1.82, 2.24) is 10.3 Å². The monoisotopic (exact) mass is 256 g/mol. The number of piperidine rings is 1. The summed E-state index contributed by atoms with van der Waals surface area (Å²) in [5.74, 6) is 7.21. The minimum Gasteiger partial charge on any atom is -0.385 e. The fraction of sp³-hybridized carbons (Fsp3) is 0.923. The van der Waals surface area contributed by atoms with E-state index in [4.69, 9.17) is 10.6 Å². The summed E-state index contributed by atoms with van der Waals surface area (Å²) in [5, 5.41) is 0. The summed E-state index contributed by atoms with van der Waals surface area (Å²) in [7, 11) is 1.71. The van der Waals surface area contributed by atoms with Gasteiger partial charge in [0, 0.05) is 32.8 Å². The van der Waals surface area contributed by atoms with E-state index in [1.165, 1.54) is 19.3 Å².